The predicted octanol–water partition coefficient (Wildman–Crippen LogP) is 2.08. The molecule has 0 spiro atoms. The summed E-state index contributed by atoms with van der Waals surface area (Å²) in [6, 6.07) is 0. The van der Waals surface area contributed by atoms with E-state index in [1.165, 1.54) is 0 Å². The highest BCUT2D eigenvalue weighted by molar-refractivity contribution is 5.77. The molecule has 0 aromatic heterocycles. The average Bonchev–Trinajstić information content (AvgIpc) is 2.18. The Hall–Kier alpha value is -0.780. The van der Waals surface area contributed by atoms with Gasteiger partial charge in [0.05, 0.1) is 6.54 Å². The van der Waals surface area contributed by atoms with Crippen LogP contribution in [0.1, 0.15) is 33.1 Å². The first-order valence-corrected chi connectivity index (χ1v) is 5.85. The summed E-state index contributed by atoms with van der Waals surface area (Å²) in [5.41, 5.74) is 0. The fourth-order valence-electron chi connectivity index (χ4n) is 1.16. The van der Waals surface area contributed by atoms with Crippen molar-refractivity contribution in [1.29, 1.82) is 0 Å². The van der Waals surface area contributed by atoms with Crippen LogP contribution in [0, 0.1) is 5.92 Å². The summed E-state index contributed by atoms with van der Waals surface area (Å²) in [7, 11) is 0. The summed E-state index contributed by atoms with van der Waals surface area (Å²) in [6.07, 6.45) is -4.30. The van der Waals surface area contributed by atoms with Crippen LogP contribution in [0.2, 0.25) is 0 Å². The van der Waals surface area contributed by atoms with Gasteiger partial charge in [-0.25, -0.2) is 0 Å². The summed E-state index contributed by atoms with van der Waals surface area (Å²) >= 11 is 0. The lowest BCUT2D eigenvalue weighted by Gasteiger charge is -2.09. The highest BCUT2D eigenvalue weighted by atomic mass is 19.4. The van der Waals surface area contributed by atoms with Gasteiger partial charge in [0.1, 0.15) is 0 Å². The average molecular weight is 254 g/mol. The summed E-state index contributed by atoms with van der Waals surface area (Å²) in [5, 5.41) is 5.53. The second kappa shape index (κ2) is 8.33. The third kappa shape index (κ3) is 13.2. The number of hydrogen-bond acceptors (Lipinski definition) is 2. The Bertz CT molecular complexity index is 217. The Labute approximate surface area is 100 Å². The first-order valence-electron chi connectivity index (χ1n) is 5.85. The van der Waals surface area contributed by atoms with E-state index in [1.807, 2.05) is 13.8 Å². The molecule has 1 amide bonds. The maximum absolute atomic E-state index is 11.8. The molecular formula is C11H21F3N2O. The van der Waals surface area contributed by atoms with Gasteiger partial charge in [0.2, 0.25) is 5.91 Å². The second-order valence-electron chi connectivity index (χ2n) is 4.45. The van der Waals surface area contributed by atoms with Crippen LogP contribution in [0.25, 0.3) is 0 Å². The number of rotatable bonds is 8. The molecule has 2 N–H and O–H groups in total. The van der Waals surface area contributed by atoms with Gasteiger partial charge in [-0.2, -0.15) is 13.2 Å². The number of carbonyl (C=O) groups excluding carboxylic acids is 1. The van der Waals surface area contributed by atoms with E-state index in [0.717, 1.165) is 0 Å². The highest BCUT2D eigenvalue weighted by Crippen LogP contribution is 2.21. The van der Waals surface area contributed by atoms with E-state index < -0.39 is 12.6 Å². The van der Waals surface area contributed by atoms with Crippen LogP contribution >= 0.6 is 0 Å². The van der Waals surface area contributed by atoms with Crippen LogP contribution in [0.4, 0.5) is 13.2 Å². The number of halogens is 3. The maximum Gasteiger partial charge on any atom is 0.389 e. The van der Waals surface area contributed by atoms with Crippen molar-refractivity contribution < 1.29 is 18.0 Å². The minimum Gasteiger partial charge on any atom is -0.355 e. The molecule has 0 radical (unpaired) electrons. The lowest BCUT2D eigenvalue weighted by atomic mass is 10.2. The van der Waals surface area contributed by atoms with Crippen LogP contribution in [-0.2, 0) is 4.79 Å². The third-order valence-corrected chi connectivity index (χ3v) is 2.06. The number of unbranched alkanes of at least 4 members (excludes halogenated alkanes) is 1. The Balaban J connectivity index is 3.31. The van der Waals surface area contributed by atoms with E-state index in [2.05, 4.69) is 10.6 Å². The Morgan fingerprint density at radius 1 is 1.24 bits per heavy atom. The van der Waals surface area contributed by atoms with Crippen molar-refractivity contribution in [2.75, 3.05) is 19.6 Å². The van der Waals surface area contributed by atoms with Crippen LogP contribution in [0.5, 0.6) is 0 Å². The second-order valence-corrected chi connectivity index (χ2v) is 4.45. The molecule has 3 nitrogen and oxygen atoms in total. The number of alkyl halides is 3. The molecule has 0 unspecified atom stereocenters. The standard InChI is InChI=1S/C11H21F3N2O/c1-9(2)7-16-10(17)8-15-6-4-3-5-11(12,13)14/h9,15H,3-8H2,1-2H3,(H,16,17). The number of carbonyl (C=O) groups is 1. The predicted molar refractivity (Wildman–Crippen MR) is 60.6 cm³/mol. The molecule has 102 valence electrons. The molecule has 0 saturated carbocycles. The third-order valence-electron chi connectivity index (χ3n) is 2.06. The number of nitrogens with one attached hydrogen (secondary N) is 2. The molecule has 0 aliphatic carbocycles. The first-order chi connectivity index (χ1) is 7.81. The summed E-state index contributed by atoms with van der Waals surface area (Å²) in [5.74, 6) is 0.278. The van der Waals surface area contributed by atoms with Crippen molar-refractivity contribution in [2.45, 2.75) is 39.3 Å². The zero-order valence-corrected chi connectivity index (χ0v) is 10.4. The highest BCUT2D eigenvalue weighted by Gasteiger charge is 2.25. The Kier molecular flexibility index (Phi) is 7.95. The molecule has 17 heavy (non-hydrogen) atoms. The van der Waals surface area contributed by atoms with E-state index in [9.17, 15) is 18.0 Å². The maximum atomic E-state index is 11.8. The van der Waals surface area contributed by atoms with Crippen LogP contribution in [0.15, 0.2) is 0 Å². The molecule has 0 aromatic carbocycles. The van der Waals surface area contributed by atoms with Crippen molar-refractivity contribution in [1.82, 2.24) is 10.6 Å². The van der Waals surface area contributed by atoms with E-state index in [-0.39, 0.29) is 18.9 Å². The van der Waals surface area contributed by atoms with Gasteiger partial charge in [0.15, 0.2) is 0 Å². The summed E-state index contributed by atoms with van der Waals surface area (Å²) in [6.45, 7) is 5.20. The van der Waals surface area contributed by atoms with Crippen molar-refractivity contribution in [3.05, 3.63) is 0 Å². The van der Waals surface area contributed by atoms with Crippen molar-refractivity contribution in [3.63, 3.8) is 0 Å². The van der Waals surface area contributed by atoms with E-state index in [4.69, 9.17) is 0 Å². The first kappa shape index (κ1) is 16.2. The minimum atomic E-state index is -4.07. The van der Waals surface area contributed by atoms with Gasteiger partial charge >= 0.3 is 6.18 Å². The SMILES string of the molecule is CC(C)CNC(=O)CNCCCCC(F)(F)F. The lowest BCUT2D eigenvalue weighted by Crippen LogP contribution is -2.36. The molecule has 6 heteroatoms. The molecule has 0 heterocycles. The molecule has 0 aliphatic rings. The topological polar surface area (TPSA) is 41.1 Å². The van der Waals surface area contributed by atoms with Gasteiger partial charge in [-0.05, 0) is 25.3 Å². The number of amides is 1. The van der Waals surface area contributed by atoms with Crippen LogP contribution in [0.3, 0.4) is 0 Å². The van der Waals surface area contributed by atoms with Gasteiger partial charge in [0.25, 0.3) is 0 Å². The van der Waals surface area contributed by atoms with Crippen LogP contribution < -0.4 is 10.6 Å². The van der Waals surface area contributed by atoms with E-state index >= 15 is 0 Å². The van der Waals surface area contributed by atoms with Crippen molar-refractivity contribution in [3.8, 4) is 0 Å². The monoisotopic (exact) mass is 254 g/mol. The molecule has 0 bridgehead atoms. The summed E-state index contributed by atoms with van der Waals surface area (Å²) < 4.78 is 35.4. The molecule has 0 fully saturated rings. The van der Waals surface area contributed by atoms with Crippen LogP contribution in [-0.4, -0.2) is 31.7 Å². The quantitative estimate of drug-likeness (QED) is 0.651. The molecule has 0 saturated heterocycles. The summed E-state index contributed by atoms with van der Waals surface area (Å²) in [4.78, 5) is 11.2. The lowest BCUT2D eigenvalue weighted by molar-refractivity contribution is -0.135. The zero-order chi connectivity index (χ0) is 13.3. The van der Waals surface area contributed by atoms with Gasteiger partial charge in [-0.1, -0.05) is 13.8 Å². The van der Waals surface area contributed by atoms with Gasteiger partial charge in [0, 0.05) is 13.0 Å². The van der Waals surface area contributed by atoms with Gasteiger partial charge in [-0.15, -0.1) is 0 Å². The fourth-order valence-corrected chi connectivity index (χ4v) is 1.16. The number of hydrogen-bond donors (Lipinski definition) is 2. The van der Waals surface area contributed by atoms with Gasteiger partial charge in [-0.3, -0.25) is 4.79 Å². The normalized spacial score (nSPS) is 11.9. The van der Waals surface area contributed by atoms with E-state index in [1.54, 1.807) is 0 Å². The van der Waals surface area contributed by atoms with Crippen molar-refractivity contribution >= 4 is 5.91 Å². The van der Waals surface area contributed by atoms with E-state index in [0.29, 0.717) is 25.4 Å². The molecular weight excluding hydrogens is 233 g/mol. The zero-order valence-electron chi connectivity index (χ0n) is 10.4. The fraction of sp³-hybridized carbons (Fsp3) is 0.909. The molecule has 0 rings (SSSR count). The van der Waals surface area contributed by atoms with Crippen molar-refractivity contribution in [2.24, 2.45) is 5.92 Å². The largest absolute Gasteiger partial charge is 0.389 e. The van der Waals surface area contributed by atoms with Gasteiger partial charge < -0.3 is 10.6 Å². The minimum absolute atomic E-state index is 0.101. The Morgan fingerprint density at radius 2 is 1.88 bits per heavy atom. The molecule has 0 atom stereocenters. The molecule has 0 aliphatic heterocycles. The smallest absolute Gasteiger partial charge is 0.355 e. The molecule has 0 aromatic rings. The Morgan fingerprint density at radius 3 is 2.41 bits per heavy atom.